The van der Waals surface area contributed by atoms with Crippen molar-refractivity contribution in [2.45, 2.75) is 25.2 Å². The number of aliphatic carboxylic acids is 1. The fourth-order valence-corrected chi connectivity index (χ4v) is 1.64. The number of aromatic nitrogens is 2. The summed E-state index contributed by atoms with van der Waals surface area (Å²) in [6.45, 7) is 0. The predicted octanol–water partition coefficient (Wildman–Crippen LogP) is 1.05. The van der Waals surface area contributed by atoms with Crippen LogP contribution in [0.15, 0.2) is 6.20 Å². The Morgan fingerprint density at radius 1 is 1.56 bits per heavy atom. The lowest BCUT2D eigenvalue weighted by molar-refractivity contribution is -0.136. The Kier molecular flexibility index (Phi) is 2.77. The molecular formula is C11H15N3O2. The molecule has 0 saturated heterocycles. The summed E-state index contributed by atoms with van der Waals surface area (Å²) in [5, 5.41) is 8.81. The summed E-state index contributed by atoms with van der Waals surface area (Å²) < 4.78 is 0. The number of carbonyl (C=O) groups is 1. The third kappa shape index (κ3) is 2.29. The zero-order valence-corrected chi connectivity index (χ0v) is 9.47. The van der Waals surface area contributed by atoms with Crippen molar-refractivity contribution in [2.24, 2.45) is 0 Å². The fraction of sp³-hybridized carbons (Fsp3) is 0.545. The molecule has 1 aliphatic carbocycles. The molecule has 0 atom stereocenters. The topological polar surface area (TPSA) is 66.3 Å². The molecule has 1 fully saturated rings. The first-order valence-electron chi connectivity index (χ1n) is 5.33. The second-order valence-electron chi connectivity index (χ2n) is 4.32. The highest BCUT2D eigenvalue weighted by Crippen LogP contribution is 2.40. The Morgan fingerprint density at radius 3 is 2.75 bits per heavy atom. The molecule has 1 aliphatic rings. The summed E-state index contributed by atoms with van der Waals surface area (Å²) in [5.41, 5.74) is 1.67. The number of carboxylic acid groups (broad SMARTS) is 1. The first kappa shape index (κ1) is 10.9. The average molecular weight is 221 g/mol. The normalized spacial score (nSPS) is 14.9. The van der Waals surface area contributed by atoms with Crippen LogP contribution in [0.3, 0.4) is 0 Å². The van der Waals surface area contributed by atoms with Gasteiger partial charge in [0.15, 0.2) is 0 Å². The van der Waals surface area contributed by atoms with Crippen LogP contribution < -0.4 is 4.90 Å². The van der Waals surface area contributed by atoms with Crippen molar-refractivity contribution in [1.29, 1.82) is 0 Å². The van der Waals surface area contributed by atoms with Gasteiger partial charge in [0.25, 0.3) is 0 Å². The van der Waals surface area contributed by atoms with Gasteiger partial charge in [0.05, 0.1) is 12.1 Å². The van der Waals surface area contributed by atoms with Crippen LogP contribution in [-0.2, 0) is 11.2 Å². The molecule has 0 bridgehead atoms. The van der Waals surface area contributed by atoms with E-state index in [9.17, 15) is 4.79 Å². The van der Waals surface area contributed by atoms with Crippen LogP contribution in [0.2, 0.25) is 0 Å². The van der Waals surface area contributed by atoms with Gasteiger partial charge in [-0.3, -0.25) is 4.79 Å². The van der Waals surface area contributed by atoms with Gasteiger partial charge in [-0.1, -0.05) is 0 Å². The first-order chi connectivity index (χ1) is 7.58. The number of rotatable bonds is 4. The Balaban J connectivity index is 2.33. The Hall–Kier alpha value is -1.65. The molecule has 1 saturated carbocycles. The van der Waals surface area contributed by atoms with E-state index in [1.807, 2.05) is 19.0 Å². The highest BCUT2D eigenvalue weighted by atomic mass is 16.4. The second kappa shape index (κ2) is 4.08. The molecule has 1 aromatic rings. The van der Waals surface area contributed by atoms with Crippen molar-refractivity contribution >= 4 is 11.9 Å². The van der Waals surface area contributed by atoms with Crippen LogP contribution in [0.25, 0.3) is 0 Å². The Morgan fingerprint density at radius 2 is 2.25 bits per heavy atom. The van der Waals surface area contributed by atoms with Gasteiger partial charge in [-0.05, 0) is 12.8 Å². The van der Waals surface area contributed by atoms with Crippen molar-refractivity contribution in [3.63, 3.8) is 0 Å². The zero-order valence-electron chi connectivity index (χ0n) is 9.47. The molecule has 16 heavy (non-hydrogen) atoms. The molecule has 0 spiro atoms. The SMILES string of the molecule is CN(C)c1ncc(CC(=O)O)c(C2CC2)n1. The molecule has 0 aromatic carbocycles. The van der Waals surface area contributed by atoms with E-state index in [0.29, 0.717) is 11.9 Å². The summed E-state index contributed by atoms with van der Waals surface area (Å²) >= 11 is 0. The van der Waals surface area contributed by atoms with Gasteiger partial charge < -0.3 is 10.0 Å². The molecule has 1 aromatic heterocycles. The molecule has 5 nitrogen and oxygen atoms in total. The molecular weight excluding hydrogens is 206 g/mol. The van der Waals surface area contributed by atoms with Gasteiger partial charge >= 0.3 is 5.97 Å². The molecule has 86 valence electrons. The number of hydrogen-bond donors (Lipinski definition) is 1. The largest absolute Gasteiger partial charge is 0.481 e. The number of carboxylic acids is 1. The van der Waals surface area contributed by atoms with Crippen LogP contribution in [0.5, 0.6) is 0 Å². The van der Waals surface area contributed by atoms with E-state index in [0.717, 1.165) is 24.1 Å². The molecule has 1 N–H and O–H groups in total. The van der Waals surface area contributed by atoms with E-state index >= 15 is 0 Å². The first-order valence-corrected chi connectivity index (χ1v) is 5.33. The third-order valence-corrected chi connectivity index (χ3v) is 2.59. The summed E-state index contributed by atoms with van der Waals surface area (Å²) in [7, 11) is 3.76. The average Bonchev–Trinajstić information content (AvgIpc) is 3.00. The highest BCUT2D eigenvalue weighted by molar-refractivity contribution is 5.70. The van der Waals surface area contributed by atoms with Crippen molar-refractivity contribution < 1.29 is 9.90 Å². The monoisotopic (exact) mass is 221 g/mol. The van der Waals surface area contributed by atoms with Crippen LogP contribution >= 0.6 is 0 Å². The molecule has 5 heteroatoms. The summed E-state index contributed by atoms with van der Waals surface area (Å²) in [5.74, 6) is 0.259. The maximum absolute atomic E-state index is 10.7. The lowest BCUT2D eigenvalue weighted by Crippen LogP contribution is -2.15. The van der Waals surface area contributed by atoms with Crippen molar-refractivity contribution in [3.8, 4) is 0 Å². The Bertz CT molecular complexity index is 414. The van der Waals surface area contributed by atoms with Crippen LogP contribution in [-0.4, -0.2) is 35.1 Å². The van der Waals surface area contributed by atoms with Crippen molar-refractivity contribution in [2.75, 3.05) is 19.0 Å². The maximum Gasteiger partial charge on any atom is 0.307 e. The zero-order chi connectivity index (χ0) is 11.7. The number of nitrogens with zero attached hydrogens (tertiary/aromatic N) is 3. The number of anilines is 1. The van der Waals surface area contributed by atoms with E-state index in [-0.39, 0.29) is 6.42 Å². The summed E-state index contributed by atoms with van der Waals surface area (Å²) in [4.78, 5) is 21.1. The standard InChI is InChI=1S/C11H15N3O2/c1-14(2)11-12-6-8(5-9(15)16)10(13-11)7-3-4-7/h6-7H,3-5H2,1-2H3,(H,15,16). The third-order valence-electron chi connectivity index (χ3n) is 2.59. The van der Waals surface area contributed by atoms with Crippen LogP contribution in [0, 0.1) is 0 Å². The lowest BCUT2D eigenvalue weighted by Gasteiger charge is -2.13. The quantitative estimate of drug-likeness (QED) is 0.823. The molecule has 0 aliphatic heterocycles. The minimum absolute atomic E-state index is 0.0134. The maximum atomic E-state index is 10.7. The fourth-order valence-electron chi connectivity index (χ4n) is 1.64. The lowest BCUT2D eigenvalue weighted by atomic mass is 10.1. The van der Waals surface area contributed by atoms with Gasteiger partial charge in [-0.2, -0.15) is 0 Å². The molecule has 0 amide bonds. The van der Waals surface area contributed by atoms with Gasteiger partial charge in [-0.25, -0.2) is 9.97 Å². The molecule has 0 radical (unpaired) electrons. The molecule has 0 unspecified atom stereocenters. The van der Waals surface area contributed by atoms with E-state index in [1.54, 1.807) is 6.20 Å². The minimum atomic E-state index is -0.830. The molecule has 1 heterocycles. The summed E-state index contributed by atoms with van der Waals surface area (Å²) in [6, 6.07) is 0. The predicted molar refractivity (Wildman–Crippen MR) is 59.7 cm³/mol. The second-order valence-corrected chi connectivity index (χ2v) is 4.32. The molecule has 2 rings (SSSR count). The number of hydrogen-bond acceptors (Lipinski definition) is 4. The smallest absolute Gasteiger partial charge is 0.307 e. The summed E-state index contributed by atoms with van der Waals surface area (Å²) in [6.07, 6.45) is 3.87. The van der Waals surface area contributed by atoms with E-state index in [2.05, 4.69) is 9.97 Å². The van der Waals surface area contributed by atoms with Crippen molar-refractivity contribution in [3.05, 3.63) is 17.5 Å². The van der Waals surface area contributed by atoms with Gasteiger partial charge in [0, 0.05) is 31.8 Å². The van der Waals surface area contributed by atoms with Gasteiger partial charge in [0.2, 0.25) is 5.95 Å². The van der Waals surface area contributed by atoms with E-state index < -0.39 is 5.97 Å². The minimum Gasteiger partial charge on any atom is -0.481 e. The van der Waals surface area contributed by atoms with E-state index in [4.69, 9.17) is 5.11 Å². The highest BCUT2D eigenvalue weighted by Gasteiger charge is 2.29. The van der Waals surface area contributed by atoms with Gasteiger partial charge in [-0.15, -0.1) is 0 Å². The van der Waals surface area contributed by atoms with Gasteiger partial charge in [0.1, 0.15) is 0 Å². The van der Waals surface area contributed by atoms with Crippen LogP contribution in [0.4, 0.5) is 5.95 Å². The van der Waals surface area contributed by atoms with Crippen molar-refractivity contribution in [1.82, 2.24) is 9.97 Å². The van der Waals surface area contributed by atoms with Crippen LogP contribution in [0.1, 0.15) is 30.0 Å². The van der Waals surface area contributed by atoms with E-state index in [1.165, 1.54) is 0 Å². The Labute approximate surface area is 94.1 Å².